The maximum atomic E-state index is 12.1. The summed E-state index contributed by atoms with van der Waals surface area (Å²) in [5.41, 5.74) is 1.60. The molecule has 12 heteroatoms. The minimum absolute atomic E-state index is 0.197. The summed E-state index contributed by atoms with van der Waals surface area (Å²) in [6.45, 7) is 0.201. The van der Waals surface area contributed by atoms with Crippen molar-refractivity contribution < 1.29 is 29.0 Å². The highest BCUT2D eigenvalue weighted by molar-refractivity contribution is 9.10. The van der Waals surface area contributed by atoms with Crippen molar-refractivity contribution in [3.63, 3.8) is 0 Å². The lowest BCUT2D eigenvalue weighted by Crippen LogP contribution is -2.28. The maximum absolute atomic E-state index is 12.1. The SMILES string of the molecule is COc1cc(C=NN=C2NC(=O)C(CC(=O)O)S2)cc(Br)c1OCC(=O)NCc1ccccc1. The number of ether oxygens (including phenoxy) is 2. The number of hydrogen-bond donors (Lipinski definition) is 3. The minimum Gasteiger partial charge on any atom is -0.493 e. The monoisotopic (exact) mass is 548 g/mol. The number of carboxylic acids is 1. The van der Waals surface area contributed by atoms with Crippen molar-refractivity contribution in [2.45, 2.75) is 18.2 Å². The van der Waals surface area contributed by atoms with Gasteiger partial charge in [0.15, 0.2) is 23.3 Å². The molecular weight excluding hydrogens is 528 g/mol. The molecule has 34 heavy (non-hydrogen) atoms. The van der Waals surface area contributed by atoms with Gasteiger partial charge in [-0.3, -0.25) is 14.4 Å². The van der Waals surface area contributed by atoms with Gasteiger partial charge in [-0.2, -0.15) is 5.10 Å². The van der Waals surface area contributed by atoms with Crippen LogP contribution in [0.15, 0.2) is 57.1 Å². The second-order valence-electron chi connectivity index (χ2n) is 6.93. The van der Waals surface area contributed by atoms with E-state index in [4.69, 9.17) is 14.6 Å². The number of thioether (sulfide) groups is 1. The Bertz CT molecular complexity index is 1130. The lowest BCUT2D eigenvalue weighted by molar-refractivity contribution is -0.138. The van der Waals surface area contributed by atoms with E-state index in [0.717, 1.165) is 17.3 Å². The molecule has 0 aliphatic carbocycles. The van der Waals surface area contributed by atoms with Gasteiger partial charge < -0.3 is 25.2 Å². The van der Waals surface area contributed by atoms with E-state index in [1.165, 1.54) is 13.3 Å². The van der Waals surface area contributed by atoms with E-state index < -0.39 is 17.1 Å². The van der Waals surface area contributed by atoms with Crippen molar-refractivity contribution in [2.24, 2.45) is 10.2 Å². The first-order valence-electron chi connectivity index (χ1n) is 9.97. The van der Waals surface area contributed by atoms with Crippen molar-refractivity contribution in [2.75, 3.05) is 13.7 Å². The second-order valence-corrected chi connectivity index (χ2v) is 8.97. The summed E-state index contributed by atoms with van der Waals surface area (Å²) in [6, 6.07) is 12.9. The van der Waals surface area contributed by atoms with Crippen molar-refractivity contribution in [1.29, 1.82) is 0 Å². The number of nitrogens with zero attached hydrogens (tertiary/aromatic N) is 2. The van der Waals surface area contributed by atoms with E-state index in [0.29, 0.717) is 28.1 Å². The van der Waals surface area contributed by atoms with Gasteiger partial charge in [0.05, 0.1) is 24.2 Å². The summed E-state index contributed by atoms with van der Waals surface area (Å²) in [5.74, 6) is -1.03. The van der Waals surface area contributed by atoms with Crippen LogP contribution >= 0.6 is 27.7 Å². The standard InChI is InChI=1S/C22H21BrN4O6S/c1-32-16-8-14(11-25-27-22-26-21(31)17(34-22)9-19(29)30)7-15(23)20(16)33-12-18(28)24-10-13-5-3-2-4-6-13/h2-8,11,17H,9-10,12H2,1H3,(H,24,28)(H,29,30)(H,26,27,31). The zero-order chi connectivity index (χ0) is 24.5. The van der Waals surface area contributed by atoms with Crippen LogP contribution in [0.4, 0.5) is 0 Å². The molecule has 10 nitrogen and oxygen atoms in total. The predicted octanol–water partition coefficient (Wildman–Crippen LogP) is 2.55. The number of carbonyl (C=O) groups is 3. The van der Waals surface area contributed by atoms with E-state index in [2.05, 4.69) is 36.8 Å². The quantitative estimate of drug-likeness (QED) is 0.306. The van der Waals surface area contributed by atoms with Gasteiger partial charge in [0.2, 0.25) is 5.91 Å². The molecular formula is C22H21BrN4O6S. The van der Waals surface area contributed by atoms with Crippen molar-refractivity contribution in [3.05, 3.63) is 58.1 Å². The van der Waals surface area contributed by atoms with Crippen LogP contribution < -0.4 is 20.1 Å². The molecule has 1 atom stereocenters. The van der Waals surface area contributed by atoms with Crippen LogP contribution in [0.2, 0.25) is 0 Å². The van der Waals surface area contributed by atoms with Gasteiger partial charge in [-0.25, -0.2) is 0 Å². The molecule has 178 valence electrons. The number of methoxy groups -OCH3 is 1. The normalized spacial score (nSPS) is 16.5. The van der Waals surface area contributed by atoms with E-state index in [1.54, 1.807) is 12.1 Å². The summed E-state index contributed by atoms with van der Waals surface area (Å²) in [4.78, 5) is 34.7. The van der Waals surface area contributed by atoms with E-state index in [1.807, 2.05) is 30.3 Å². The molecule has 1 fully saturated rings. The highest BCUT2D eigenvalue weighted by atomic mass is 79.9. The number of benzene rings is 2. The average Bonchev–Trinajstić information content (AvgIpc) is 3.15. The largest absolute Gasteiger partial charge is 0.493 e. The molecule has 1 saturated heterocycles. The Hall–Kier alpha value is -3.38. The molecule has 0 spiro atoms. The highest BCUT2D eigenvalue weighted by Gasteiger charge is 2.32. The molecule has 2 aromatic carbocycles. The molecule has 0 radical (unpaired) electrons. The number of nitrogens with one attached hydrogen (secondary N) is 2. The fourth-order valence-corrected chi connectivity index (χ4v) is 4.32. The summed E-state index contributed by atoms with van der Waals surface area (Å²) < 4.78 is 11.6. The van der Waals surface area contributed by atoms with Gasteiger partial charge in [-0.05, 0) is 39.2 Å². The fraction of sp³-hybridized carbons (Fsp3) is 0.227. The predicted molar refractivity (Wildman–Crippen MR) is 131 cm³/mol. The van der Waals surface area contributed by atoms with Gasteiger partial charge in [0.1, 0.15) is 5.25 Å². The molecule has 0 bridgehead atoms. The van der Waals surface area contributed by atoms with Crippen LogP contribution in [0.5, 0.6) is 11.5 Å². The van der Waals surface area contributed by atoms with Gasteiger partial charge in [0, 0.05) is 6.54 Å². The number of carbonyl (C=O) groups excluding carboxylic acids is 2. The lowest BCUT2D eigenvalue weighted by Gasteiger charge is -2.13. The van der Waals surface area contributed by atoms with E-state index in [9.17, 15) is 14.4 Å². The summed E-state index contributed by atoms with van der Waals surface area (Å²) in [5, 5.41) is 21.5. The molecule has 2 aromatic rings. The molecule has 2 amide bonds. The Kier molecular flexibility index (Phi) is 9.05. The van der Waals surface area contributed by atoms with Gasteiger partial charge in [-0.1, -0.05) is 42.1 Å². The first-order chi connectivity index (χ1) is 16.4. The van der Waals surface area contributed by atoms with Gasteiger partial charge in [0.25, 0.3) is 5.91 Å². The number of rotatable bonds is 10. The number of carboxylic acid groups (broad SMARTS) is 1. The van der Waals surface area contributed by atoms with Crippen LogP contribution in [0.25, 0.3) is 0 Å². The Morgan fingerprint density at radius 2 is 2.06 bits per heavy atom. The Morgan fingerprint density at radius 3 is 2.76 bits per heavy atom. The van der Waals surface area contributed by atoms with Crippen molar-refractivity contribution >= 4 is 56.9 Å². The van der Waals surface area contributed by atoms with Crippen LogP contribution in [0.3, 0.4) is 0 Å². The Morgan fingerprint density at radius 1 is 1.29 bits per heavy atom. The van der Waals surface area contributed by atoms with Crippen LogP contribution in [-0.2, 0) is 20.9 Å². The topological polar surface area (TPSA) is 139 Å². The van der Waals surface area contributed by atoms with Crippen LogP contribution in [0, 0.1) is 0 Å². The number of halogens is 1. The molecule has 0 saturated carbocycles. The molecule has 1 unspecified atom stereocenters. The zero-order valence-electron chi connectivity index (χ0n) is 18.0. The molecule has 3 rings (SSSR count). The lowest BCUT2D eigenvalue weighted by atomic mass is 10.2. The van der Waals surface area contributed by atoms with Crippen LogP contribution in [-0.4, -0.2) is 53.2 Å². The third-order valence-corrected chi connectivity index (χ3v) is 6.08. The Balaban J connectivity index is 1.59. The van der Waals surface area contributed by atoms with Crippen LogP contribution in [0.1, 0.15) is 17.5 Å². The van der Waals surface area contributed by atoms with Crippen molar-refractivity contribution in [3.8, 4) is 11.5 Å². The first kappa shape index (κ1) is 25.2. The molecule has 1 aliphatic rings. The highest BCUT2D eigenvalue weighted by Crippen LogP contribution is 2.36. The number of aliphatic carboxylic acids is 1. The van der Waals surface area contributed by atoms with E-state index >= 15 is 0 Å². The first-order valence-corrected chi connectivity index (χ1v) is 11.6. The van der Waals surface area contributed by atoms with Crippen molar-refractivity contribution in [1.82, 2.24) is 10.6 Å². The molecule has 1 aliphatic heterocycles. The third-order valence-electron chi connectivity index (χ3n) is 4.42. The van der Waals surface area contributed by atoms with E-state index in [-0.39, 0.29) is 24.1 Å². The molecule has 0 aromatic heterocycles. The summed E-state index contributed by atoms with van der Waals surface area (Å²) in [7, 11) is 1.47. The smallest absolute Gasteiger partial charge is 0.305 e. The third kappa shape index (κ3) is 7.32. The number of amidine groups is 1. The minimum atomic E-state index is -1.06. The summed E-state index contributed by atoms with van der Waals surface area (Å²) >= 11 is 4.42. The average molecular weight is 549 g/mol. The summed E-state index contributed by atoms with van der Waals surface area (Å²) in [6.07, 6.45) is 1.14. The molecule has 1 heterocycles. The maximum Gasteiger partial charge on any atom is 0.305 e. The second kappa shape index (κ2) is 12.2. The number of hydrogen-bond acceptors (Lipinski definition) is 8. The van der Waals surface area contributed by atoms with Gasteiger partial charge >= 0.3 is 5.97 Å². The van der Waals surface area contributed by atoms with Gasteiger partial charge in [-0.15, -0.1) is 5.10 Å². The zero-order valence-corrected chi connectivity index (χ0v) is 20.4. The number of amides is 2. The Labute approximate surface area is 207 Å². The molecule has 3 N–H and O–H groups in total. The fourth-order valence-electron chi connectivity index (χ4n) is 2.83.